The standard InChI is InChI=1S/C12H14N2O5S2/c1-20(15,16)8-7-19-10-4-5-11(21(13,17)18)12-9(10)3-2-6-14-12/h2-6H,7-8H2,1H3,(H2,13,17,18). The van der Waals surface area contributed by atoms with E-state index in [4.69, 9.17) is 9.88 Å². The molecule has 9 heteroatoms. The zero-order valence-corrected chi connectivity index (χ0v) is 12.8. The number of primary sulfonamides is 1. The van der Waals surface area contributed by atoms with Gasteiger partial charge in [0.2, 0.25) is 10.0 Å². The summed E-state index contributed by atoms with van der Waals surface area (Å²) in [5.41, 5.74) is 0.192. The molecule has 0 aliphatic rings. The van der Waals surface area contributed by atoms with Gasteiger partial charge in [-0.1, -0.05) is 0 Å². The Bertz CT molecular complexity index is 876. The molecular formula is C12H14N2O5S2. The molecule has 2 aromatic rings. The second-order valence-electron chi connectivity index (χ2n) is 4.48. The van der Waals surface area contributed by atoms with Crippen molar-refractivity contribution in [2.75, 3.05) is 18.6 Å². The van der Waals surface area contributed by atoms with E-state index in [9.17, 15) is 16.8 Å². The van der Waals surface area contributed by atoms with Crippen molar-refractivity contribution in [3.8, 4) is 5.75 Å². The van der Waals surface area contributed by atoms with Crippen LogP contribution < -0.4 is 9.88 Å². The van der Waals surface area contributed by atoms with Gasteiger partial charge in [0.05, 0.1) is 11.3 Å². The van der Waals surface area contributed by atoms with Crippen LogP contribution in [0, 0.1) is 0 Å². The van der Waals surface area contributed by atoms with Crippen molar-refractivity contribution in [2.45, 2.75) is 4.90 Å². The average molecular weight is 330 g/mol. The summed E-state index contributed by atoms with van der Waals surface area (Å²) in [5, 5.41) is 5.60. The number of rotatable bonds is 5. The van der Waals surface area contributed by atoms with E-state index in [1.807, 2.05) is 0 Å². The van der Waals surface area contributed by atoms with E-state index in [1.165, 1.54) is 18.3 Å². The summed E-state index contributed by atoms with van der Waals surface area (Å²) in [6, 6.07) is 5.98. The molecule has 0 amide bonds. The fourth-order valence-electron chi connectivity index (χ4n) is 1.78. The van der Waals surface area contributed by atoms with E-state index in [0.717, 1.165) is 6.26 Å². The highest BCUT2D eigenvalue weighted by Crippen LogP contribution is 2.28. The molecule has 1 heterocycles. The number of nitrogens with two attached hydrogens (primary N) is 1. The number of benzene rings is 1. The van der Waals surface area contributed by atoms with Gasteiger partial charge in [-0.15, -0.1) is 0 Å². The summed E-state index contributed by atoms with van der Waals surface area (Å²) in [4.78, 5) is 3.90. The number of aromatic nitrogens is 1. The monoisotopic (exact) mass is 330 g/mol. The third-order valence-electron chi connectivity index (χ3n) is 2.71. The van der Waals surface area contributed by atoms with Crippen molar-refractivity contribution in [3.05, 3.63) is 30.5 Å². The highest BCUT2D eigenvalue weighted by atomic mass is 32.2. The SMILES string of the molecule is CS(=O)(=O)CCOc1ccc(S(N)(=O)=O)c2ncccc12. The van der Waals surface area contributed by atoms with Crippen LogP contribution in [0.2, 0.25) is 0 Å². The fourth-order valence-corrected chi connectivity index (χ4v) is 2.85. The number of sulfone groups is 1. The van der Waals surface area contributed by atoms with Crippen molar-refractivity contribution < 1.29 is 21.6 Å². The van der Waals surface area contributed by atoms with Gasteiger partial charge in [-0.25, -0.2) is 22.0 Å². The number of hydrogen-bond donors (Lipinski definition) is 1. The molecule has 0 atom stereocenters. The lowest BCUT2D eigenvalue weighted by Gasteiger charge is -2.10. The van der Waals surface area contributed by atoms with E-state index < -0.39 is 19.9 Å². The minimum Gasteiger partial charge on any atom is -0.492 e. The van der Waals surface area contributed by atoms with Crippen LogP contribution in [0.4, 0.5) is 0 Å². The molecule has 0 radical (unpaired) electrons. The topological polar surface area (TPSA) is 116 Å². The first-order valence-corrected chi connectivity index (χ1v) is 9.50. The van der Waals surface area contributed by atoms with Gasteiger partial charge < -0.3 is 4.74 Å². The van der Waals surface area contributed by atoms with Gasteiger partial charge >= 0.3 is 0 Å². The Balaban J connectivity index is 2.44. The van der Waals surface area contributed by atoms with Crippen LogP contribution >= 0.6 is 0 Å². The summed E-state index contributed by atoms with van der Waals surface area (Å²) in [7, 11) is -7.04. The summed E-state index contributed by atoms with van der Waals surface area (Å²) in [6.45, 7) is -0.0302. The van der Waals surface area contributed by atoms with Gasteiger partial charge in [0.1, 0.15) is 17.3 Å². The molecule has 0 spiro atoms. The van der Waals surface area contributed by atoms with Gasteiger partial charge in [-0.3, -0.25) is 4.98 Å². The largest absolute Gasteiger partial charge is 0.492 e. The first-order chi connectivity index (χ1) is 9.68. The normalized spacial score (nSPS) is 12.5. The molecule has 1 aromatic carbocycles. The molecule has 0 bridgehead atoms. The van der Waals surface area contributed by atoms with E-state index in [0.29, 0.717) is 11.1 Å². The molecule has 114 valence electrons. The van der Waals surface area contributed by atoms with Crippen molar-refractivity contribution in [3.63, 3.8) is 0 Å². The number of fused-ring (bicyclic) bond motifs is 1. The van der Waals surface area contributed by atoms with Gasteiger partial charge in [0.25, 0.3) is 0 Å². The van der Waals surface area contributed by atoms with Gasteiger partial charge in [0.15, 0.2) is 9.84 Å². The van der Waals surface area contributed by atoms with Crippen molar-refractivity contribution in [1.82, 2.24) is 4.98 Å². The van der Waals surface area contributed by atoms with Crippen LogP contribution in [-0.2, 0) is 19.9 Å². The molecule has 0 aliphatic heterocycles. The predicted molar refractivity (Wildman–Crippen MR) is 78.3 cm³/mol. The number of hydrogen-bond acceptors (Lipinski definition) is 6. The lowest BCUT2D eigenvalue weighted by molar-refractivity contribution is 0.345. The summed E-state index contributed by atoms with van der Waals surface area (Å²) < 4.78 is 50.6. The van der Waals surface area contributed by atoms with Crippen molar-refractivity contribution in [2.24, 2.45) is 5.14 Å². The molecule has 1 aromatic heterocycles. The fraction of sp³-hybridized carbons (Fsp3) is 0.250. The summed E-state index contributed by atoms with van der Waals surface area (Å²) >= 11 is 0. The highest BCUT2D eigenvalue weighted by Gasteiger charge is 2.16. The second kappa shape index (κ2) is 5.58. The van der Waals surface area contributed by atoms with Crippen LogP contribution in [0.25, 0.3) is 10.9 Å². The Hall–Kier alpha value is -1.71. The number of ether oxygens (including phenoxy) is 1. The van der Waals surface area contributed by atoms with E-state index in [2.05, 4.69) is 4.98 Å². The molecular weight excluding hydrogens is 316 g/mol. The van der Waals surface area contributed by atoms with Crippen molar-refractivity contribution in [1.29, 1.82) is 0 Å². The molecule has 2 rings (SSSR count). The predicted octanol–water partition coefficient (Wildman–Crippen LogP) is 0.306. The lowest BCUT2D eigenvalue weighted by Crippen LogP contribution is -2.14. The van der Waals surface area contributed by atoms with E-state index >= 15 is 0 Å². The van der Waals surface area contributed by atoms with Crippen LogP contribution in [0.5, 0.6) is 5.75 Å². The minimum absolute atomic E-state index is 0.0302. The molecule has 0 saturated carbocycles. The van der Waals surface area contributed by atoms with Gasteiger partial charge in [0, 0.05) is 17.8 Å². The maximum atomic E-state index is 11.5. The Morgan fingerprint density at radius 2 is 1.90 bits per heavy atom. The van der Waals surface area contributed by atoms with Gasteiger partial charge in [-0.2, -0.15) is 0 Å². The van der Waals surface area contributed by atoms with Crippen LogP contribution in [0.1, 0.15) is 0 Å². The smallest absolute Gasteiger partial charge is 0.240 e. The van der Waals surface area contributed by atoms with Crippen LogP contribution in [0.15, 0.2) is 35.4 Å². The zero-order valence-electron chi connectivity index (χ0n) is 11.2. The first-order valence-electron chi connectivity index (χ1n) is 5.89. The van der Waals surface area contributed by atoms with E-state index in [-0.39, 0.29) is 22.8 Å². The Morgan fingerprint density at radius 3 is 2.52 bits per heavy atom. The Kier molecular flexibility index (Phi) is 4.17. The van der Waals surface area contributed by atoms with Gasteiger partial charge in [-0.05, 0) is 24.3 Å². The highest BCUT2D eigenvalue weighted by molar-refractivity contribution is 7.90. The molecule has 0 saturated heterocycles. The number of nitrogens with zero attached hydrogens (tertiary/aromatic N) is 1. The first kappa shape index (κ1) is 15.7. The minimum atomic E-state index is -3.90. The van der Waals surface area contributed by atoms with Crippen LogP contribution in [-0.4, -0.2) is 40.4 Å². The summed E-state index contributed by atoms with van der Waals surface area (Å²) in [5.74, 6) is 0.222. The van der Waals surface area contributed by atoms with Crippen LogP contribution in [0.3, 0.4) is 0 Å². The Morgan fingerprint density at radius 1 is 1.19 bits per heavy atom. The molecule has 0 aliphatic carbocycles. The number of pyridine rings is 1. The Labute approximate surface area is 122 Å². The molecule has 21 heavy (non-hydrogen) atoms. The summed E-state index contributed by atoms with van der Waals surface area (Å²) in [6.07, 6.45) is 2.55. The van der Waals surface area contributed by atoms with E-state index in [1.54, 1.807) is 12.1 Å². The molecule has 7 nitrogen and oxygen atoms in total. The third-order valence-corrected chi connectivity index (χ3v) is 4.56. The zero-order chi connectivity index (χ0) is 15.7. The maximum Gasteiger partial charge on any atom is 0.240 e. The number of sulfonamides is 1. The lowest BCUT2D eigenvalue weighted by atomic mass is 10.2. The quantitative estimate of drug-likeness (QED) is 0.843. The van der Waals surface area contributed by atoms with Crippen molar-refractivity contribution >= 4 is 30.8 Å². The molecule has 2 N–H and O–H groups in total. The molecule has 0 fully saturated rings. The third kappa shape index (κ3) is 3.90. The maximum absolute atomic E-state index is 11.5. The molecule has 0 unspecified atom stereocenters. The second-order valence-corrected chi connectivity index (χ2v) is 8.27. The average Bonchev–Trinajstić information content (AvgIpc) is 2.36.